The topological polar surface area (TPSA) is 96.2 Å². The van der Waals surface area contributed by atoms with Crippen molar-refractivity contribution in [3.8, 4) is 0 Å². The highest BCUT2D eigenvalue weighted by atomic mass is 16.5. The first-order valence-corrected chi connectivity index (χ1v) is 5.94. The number of hydrogen-bond donors (Lipinski definition) is 1. The molecule has 0 amide bonds. The number of rotatable bonds is 4. The van der Waals surface area contributed by atoms with Gasteiger partial charge in [-0.15, -0.1) is 0 Å². The van der Waals surface area contributed by atoms with Gasteiger partial charge >= 0.3 is 5.97 Å². The van der Waals surface area contributed by atoms with Gasteiger partial charge in [0.15, 0.2) is 5.69 Å². The number of aromatic nitrogens is 3. The zero-order valence-corrected chi connectivity index (χ0v) is 11.1. The number of imidazole rings is 1. The number of nitrogen functional groups attached to an aromatic ring is 1. The van der Waals surface area contributed by atoms with Crippen LogP contribution in [0.15, 0.2) is 10.6 Å². The highest BCUT2D eigenvalue weighted by Crippen LogP contribution is 2.17. The van der Waals surface area contributed by atoms with E-state index in [1.54, 1.807) is 24.6 Å². The van der Waals surface area contributed by atoms with E-state index in [1.165, 1.54) is 0 Å². The van der Waals surface area contributed by atoms with Crippen LogP contribution in [0.4, 0.5) is 5.82 Å². The molecule has 2 heterocycles. The van der Waals surface area contributed by atoms with Gasteiger partial charge in [-0.25, -0.2) is 14.8 Å². The van der Waals surface area contributed by atoms with Gasteiger partial charge in [0.1, 0.15) is 23.9 Å². The molecule has 0 fully saturated rings. The van der Waals surface area contributed by atoms with Gasteiger partial charge in [-0.05, 0) is 20.8 Å². The van der Waals surface area contributed by atoms with Gasteiger partial charge in [0.25, 0.3) is 0 Å². The molecule has 7 heteroatoms. The van der Waals surface area contributed by atoms with Crippen molar-refractivity contribution in [3.63, 3.8) is 0 Å². The van der Waals surface area contributed by atoms with E-state index in [1.807, 2.05) is 6.92 Å². The van der Waals surface area contributed by atoms with E-state index >= 15 is 0 Å². The van der Waals surface area contributed by atoms with Crippen LogP contribution < -0.4 is 5.73 Å². The van der Waals surface area contributed by atoms with Crippen LogP contribution in [0.25, 0.3) is 0 Å². The van der Waals surface area contributed by atoms with Crippen LogP contribution in [0.2, 0.25) is 0 Å². The maximum Gasteiger partial charge on any atom is 0.360 e. The SMILES string of the molecule is CCOC(=O)c1nc(C)n(Cc2ncc(C)o2)c1N. The predicted octanol–water partition coefficient (Wildman–Crippen LogP) is 1.30. The van der Waals surface area contributed by atoms with Gasteiger partial charge in [0, 0.05) is 0 Å². The Morgan fingerprint density at radius 2 is 2.26 bits per heavy atom. The first-order chi connectivity index (χ1) is 9.02. The van der Waals surface area contributed by atoms with Crippen molar-refractivity contribution in [3.05, 3.63) is 29.4 Å². The molecule has 2 N–H and O–H groups in total. The minimum atomic E-state index is -0.523. The molecule has 0 saturated heterocycles. The molecule has 2 aromatic rings. The first-order valence-electron chi connectivity index (χ1n) is 5.94. The van der Waals surface area contributed by atoms with Crippen LogP contribution in [0.1, 0.15) is 34.9 Å². The molecular weight excluding hydrogens is 248 g/mol. The zero-order chi connectivity index (χ0) is 14.0. The molecule has 0 bridgehead atoms. The molecule has 0 aromatic carbocycles. The lowest BCUT2D eigenvalue weighted by molar-refractivity contribution is 0.0521. The van der Waals surface area contributed by atoms with Gasteiger partial charge in [-0.2, -0.15) is 0 Å². The Morgan fingerprint density at radius 1 is 1.53 bits per heavy atom. The Kier molecular flexibility index (Phi) is 3.55. The minimum Gasteiger partial charge on any atom is -0.461 e. The average Bonchev–Trinajstić information content (AvgIpc) is 2.88. The van der Waals surface area contributed by atoms with Crippen molar-refractivity contribution in [2.45, 2.75) is 27.3 Å². The summed E-state index contributed by atoms with van der Waals surface area (Å²) in [5.41, 5.74) is 6.05. The van der Waals surface area contributed by atoms with Gasteiger partial charge in [0.05, 0.1) is 12.8 Å². The fraction of sp³-hybridized carbons (Fsp3) is 0.417. The van der Waals surface area contributed by atoms with Crippen molar-refractivity contribution >= 4 is 11.8 Å². The third-order valence-electron chi connectivity index (χ3n) is 2.63. The fourth-order valence-corrected chi connectivity index (χ4v) is 1.74. The van der Waals surface area contributed by atoms with Crippen molar-refractivity contribution in [2.75, 3.05) is 12.3 Å². The summed E-state index contributed by atoms with van der Waals surface area (Å²) in [7, 11) is 0. The molecule has 0 saturated carbocycles. The number of nitrogens with zero attached hydrogens (tertiary/aromatic N) is 3. The Morgan fingerprint density at radius 3 is 2.84 bits per heavy atom. The van der Waals surface area contributed by atoms with E-state index in [0.29, 0.717) is 18.3 Å². The van der Waals surface area contributed by atoms with E-state index in [9.17, 15) is 4.79 Å². The molecule has 0 spiro atoms. The summed E-state index contributed by atoms with van der Waals surface area (Å²) in [6, 6.07) is 0. The second-order valence-corrected chi connectivity index (χ2v) is 4.06. The van der Waals surface area contributed by atoms with Crippen molar-refractivity contribution < 1.29 is 13.9 Å². The Balaban J connectivity index is 2.29. The van der Waals surface area contributed by atoms with Gasteiger partial charge in [-0.3, -0.25) is 0 Å². The van der Waals surface area contributed by atoms with Gasteiger partial charge < -0.3 is 19.5 Å². The molecule has 2 aromatic heterocycles. The van der Waals surface area contributed by atoms with Crippen LogP contribution >= 0.6 is 0 Å². The summed E-state index contributed by atoms with van der Waals surface area (Å²) >= 11 is 0. The van der Waals surface area contributed by atoms with Gasteiger partial charge in [0.2, 0.25) is 5.89 Å². The smallest absolute Gasteiger partial charge is 0.360 e. The predicted molar refractivity (Wildman–Crippen MR) is 67.7 cm³/mol. The fourth-order valence-electron chi connectivity index (χ4n) is 1.74. The number of carbonyl (C=O) groups excluding carboxylic acids is 1. The summed E-state index contributed by atoms with van der Waals surface area (Å²) in [5.74, 6) is 1.57. The molecule has 0 radical (unpaired) electrons. The lowest BCUT2D eigenvalue weighted by Crippen LogP contribution is -2.10. The number of nitrogens with two attached hydrogens (primary N) is 1. The number of hydrogen-bond acceptors (Lipinski definition) is 6. The van der Waals surface area contributed by atoms with Crippen LogP contribution in [0.5, 0.6) is 0 Å². The van der Waals surface area contributed by atoms with E-state index in [0.717, 1.165) is 5.76 Å². The molecule has 19 heavy (non-hydrogen) atoms. The molecule has 0 atom stereocenters. The summed E-state index contributed by atoms with van der Waals surface area (Å²) in [6.45, 7) is 5.91. The summed E-state index contributed by atoms with van der Waals surface area (Å²) < 4.78 is 11.9. The summed E-state index contributed by atoms with van der Waals surface area (Å²) in [4.78, 5) is 19.9. The molecular formula is C12H16N4O3. The van der Waals surface area contributed by atoms with Gasteiger partial charge in [-0.1, -0.05) is 0 Å². The van der Waals surface area contributed by atoms with Crippen molar-refractivity contribution in [1.29, 1.82) is 0 Å². The number of oxazole rings is 1. The molecule has 0 aliphatic heterocycles. The quantitative estimate of drug-likeness (QED) is 0.836. The number of esters is 1. The van der Waals surface area contributed by atoms with Crippen molar-refractivity contribution in [1.82, 2.24) is 14.5 Å². The minimum absolute atomic E-state index is 0.127. The lowest BCUT2D eigenvalue weighted by atomic mass is 10.4. The number of carbonyl (C=O) groups is 1. The monoisotopic (exact) mass is 264 g/mol. The second-order valence-electron chi connectivity index (χ2n) is 4.06. The second kappa shape index (κ2) is 5.13. The molecule has 0 aliphatic carbocycles. The third kappa shape index (κ3) is 2.59. The highest BCUT2D eigenvalue weighted by Gasteiger charge is 2.20. The third-order valence-corrected chi connectivity index (χ3v) is 2.63. The van der Waals surface area contributed by atoms with E-state index in [2.05, 4.69) is 9.97 Å². The van der Waals surface area contributed by atoms with Crippen molar-refractivity contribution in [2.24, 2.45) is 0 Å². The normalized spacial score (nSPS) is 10.7. The maximum atomic E-state index is 11.7. The molecule has 0 unspecified atom stereocenters. The number of ether oxygens (including phenoxy) is 1. The van der Waals surface area contributed by atoms with E-state index in [4.69, 9.17) is 14.9 Å². The summed E-state index contributed by atoms with van der Waals surface area (Å²) in [5, 5.41) is 0. The Bertz CT molecular complexity index is 600. The summed E-state index contributed by atoms with van der Waals surface area (Å²) in [6.07, 6.45) is 1.63. The standard InChI is InChI=1S/C12H16N4O3/c1-4-18-12(17)10-11(13)16(8(3)15-10)6-9-14-5-7(2)19-9/h5H,4,6,13H2,1-3H3. The molecule has 7 nitrogen and oxygen atoms in total. The first kappa shape index (κ1) is 13.1. The number of anilines is 1. The molecule has 2 rings (SSSR count). The Labute approximate surface area is 110 Å². The zero-order valence-electron chi connectivity index (χ0n) is 11.1. The van der Waals surface area contributed by atoms with Crippen LogP contribution in [-0.4, -0.2) is 27.1 Å². The van der Waals surface area contributed by atoms with Crippen LogP contribution in [0.3, 0.4) is 0 Å². The lowest BCUT2D eigenvalue weighted by Gasteiger charge is -2.04. The molecule has 102 valence electrons. The Hall–Kier alpha value is -2.31. The largest absolute Gasteiger partial charge is 0.461 e. The number of aryl methyl sites for hydroxylation is 2. The highest BCUT2D eigenvalue weighted by molar-refractivity contribution is 5.92. The van der Waals surface area contributed by atoms with E-state index in [-0.39, 0.29) is 18.1 Å². The maximum absolute atomic E-state index is 11.7. The van der Waals surface area contributed by atoms with Crippen LogP contribution in [0, 0.1) is 13.8 Å². The van der Waals surface area contributed by atoms with Crippen LogP contribution in [-0.2, 0) is 11.3 Å². The average molecular weight is 264 g/mol. The van der Waals surface area contributed by atoms with E-state index < -0.39 is 5.97 Å². The molecule has 0 aliphatic rings.